The van der Waals surface area contributed by atoms with Crippen LogP contribution in [0.5, 0.6) is 0 Å². The molecule has 0 unspecified atom stereocenters. The van der Waals surface area contributed by atoms with Gasteiger partial charge in [-0.25, -0.2) is 0 Å². The standard InChI is InChI=1S/C13H13BrN2O/c1-9-5-3-6-10(12(9)14)15-13(17)11-7-4-8-16(11)2/h3-8H,1-2H3,(H,15,17). The van der Waals surface area contributed by atoms with E-state index in [2.05, 4.69) is 21.2 Å². The number of benzene rings is 1. The highest BCUT2D eigenvalue weighted by atomic mass is 79.9. The van der Waals surface area contributed by atoms with E-state index in [-0.39, 0.29) is 5.91 Å². The number of rotatable bonds is 2. The molecule has 0 bridgehead atoms. The van der Waals surface area contributed by atoms with E-state index in [1.807, 2.05) is 44.4 Å². The zero-order chi connectivity index (χ0) is 12.4. The SMILES string of the molecule is Cc1cccc(NC(=O)c2cccn2C)c1Br. The van der Waals surface area contributed by atoms with Crippen molar-refractivity contribution in [3.8, 4) is 0 Å². The highest BCUT2D eigenvalue weighted by Gasteiger charge is 2.11. The van der Waals surface area contributed by atoms with Gasteiger partial charge in [-0.2, -0.15) is 0 Å². The molecule has 1 aromatic heterocycles. The Balaban J connectivity index is 2.25. The van der Waals surface area contributed by atoms with Crippen molar-refractivity contribution in [3.63, 3.8) is 0 Å². The Kier molecular flexibility index (Phi) is 3.33. The minimum absolute atomic E-state index is 0.108. The van der Waals surface area contributed by atoms with Crippen LogP contribution in [-0.4, -0.2) is 10.5 Å². The molecule has 0 atom stereocenters. The lowest BCUT2D eigenvalue weighted by atomic mass is 10.2. The Labute approximate surface area is 109 Å². The highest BCUT2D eigenvalue weighted by Crippen LogP contribution is 2.26. The molecule has 0 aliphatic rings. The second-order valence-corrected chi connectivity index (χ2v) is 4.69. The first kappa shape index (κ1) is 11.9. The molecule has 0 saturated carbocycles. The predicted octanol–water partition coefficient (Wildman–Crippen LogP) is 3.35. The fourth-order valence-corrected chi connectivity index (χ4v) is 1.99. The molecule has 0 aliphatic carbocycles. The second-order valence-electron chi connectivity index (χ2n) is 3.89. The molecule has 0 radical (unpaired) electrons. The lowest BCUT2D eigenvalue weighted by Crippen LogP contribution is -2.15. The lowest BCUT2D eigenvalue weighted by Gasteiger charge is -2.09. The van der Waals surface area contributed by atoms with Gasteiger partial charge in [-0.05, 0) is 46.6 Å². The molecule has 2 aromatic rings. The van der Waals surface area contributed by atoms with E-state index < -0.39 is 0 Å². The first-order valence-corrected chi connectivity index (χ1v) is 6.06. The quantitative estimate of drug-likeness (QED) is 0.905. The fraction of sp³-hybridized carbons (Fsp3) is 0.154. The largest absolute Gasteiger partial charge is 0.347 e. The van der Waals surface area contributed by atoms with Crippen LogP contribution < -0.4 is 5.32 Å². The molecular weight excluding hydrogens is 280 g/mol. The number of nitrogens with zero attached hydrogens (tertiary/aromatic N) is 1. The number of carbonyl (C=O) groups is 1. The van der Waals surface area contributed by atoms with Crippen molar-refractivity contribution in [2.75, 3.05) is 5.32 Å². The van der Waals surface area contributed by atoms with Gasteiger partial charge in [0.05, 0.1) is 5.69 Å². The molecule has 3 nitrogen and oxygen atoms in total. The monoisotopic (exact) mass is 292 g/mol. The van der Waals surface area contributed by atoms with Crippen LogP contribution in [0.1, 0.15) is 16.1 Å². The predicted molar refractivity (Wildman–Crippen MR) is 72.2 cm³/mol. The molecular formula is C13H13BrN2O. The van der Waals surface area contributed by atoms with Gasteiger partial charge in [0.2, 0.25) is 0 Å². The molecule has 4 heteroatoms. The van der Waals surface area contributed by atoms with Crippen LogP contribution in [0, 0.1) is 6.92 Å². The maximum atomic E-state index is 12.0. The summed E-state index contributed by atoms with van der Waals surface area (Å²) in [6.07, 6.45) is 1.85. The molecule has 0 saturated heterocycles. The van der Waals surface area contributed by atoms with E-state index in [0.29, 0.717) is 5.69 Å². The van der Waals surface area contributed by atoms with E-state index in [0.717, 1.165) is 15.7 Å². The first-order chi connectivity index (χ1) is 8.09. The Morgan fingerprint density at radius 2 is 2.06 bits per heavy atom. The summed E-state index contributed by atoms with van der Waals surface area (Å²) in [6, 6.07) is 9.42. The van der Waals surface area contributed by atoms with Crippen LogP contribution in [0.25, 0.3) is 0 Å². The molecule has 0 fully saturated rings. The summed E-state index contributed by atoms with van der Waals surface area (Å²) in [4.78, 5) is 12.0. The molecule has 2 rings (SSSR count). The summed E-state index contributed by atoms with van der Waals surface area (Å²) in [5.74, 6) is -0.108. The van der Waals surface area contributed by atoms with Gasteiger partial charge in [0, 0.05) is 17.7 Å². The van der Waals surface area contributed by atoms with Crippen molar-refractivity contribution in [1.82, 2.24) is 4.57 Å². The van der Waals surface area contributed by atoms with E-state index in [4.69, 9.17) is 0 Å². The van der Waals surface area contributed by atoms with Crippen LogP contribution in [0.3, 0.4) is 0 Å². The van der Waals surface area contributed by atoms with Crippen molar-refractivity contribution < 1.29 is 4.79 Å². The van der Waals surface area contributed by atoms with Gasteiger partial charge in [-0.3, -0.25) is 4.79 Å². The zero-order valence-electron chi connectivity index (χ0n) is 9.70. The normalized spacial score (nSPS) is 10.3. The van der Waals surface area contributed by atoms with Gasteiger partial charge in [0.1, 0.15) is 5.69 Å². The first-order valence-electron chi connectivity index (χ1n) is 5.27. The van der Waals surface area contributed by atoms with Crippen LogP contribution >= 0.6 is 15.9 Å². The third-order valence-electron chi connectivity index (χ3n) is 2.62. The number of hydrogen-bond acceptors (Lipinski definition) is 1. The van der Waals surface area contributed by atoms with Gasteiger partial charge in [-0.1, -0.05) is 12.1 Å². The van der Waals surface area contributed by atoms with Crippen LogP contribution in [-0.2, 0) is 7.05 Å². The van der Waals surface area contributed by atoms with Gasteiger partial charge < -0.3 is 9.88 Å². The topological polar surface area (TPSA) is 34.0 Å². The number of amides is 1. The number of halogens is 1. The van der Waals surface area contributed by atoms with Crippen LogP contribution in [0.4, 0.5) is 5.69 Å². The minimum Gasteiger partial charge on any atom is -0.347 e. The van der Waals surface area contributed by atoms with E-state index in [1.54, 1.807) is 10.6 Å². The molecule has 1 amide bonds. The van der Waals surface area contributed by atoms with Crippen LogP contribution in [0.15, 0.2) is 41.0 Å². The van der Waals surface area contributed by atoms with E-state index >= 15 is 0 Å². The highest BCUT2D eigenvalue weighted by molar-refractivity contribution is 9.10. The molecule has 0 aliphatic heterocycles. The number of hydrogen-bond donors (Lipinski definition) is 1. The van der Waals surface area contributed by atoms with Crippen molar-refractivity contribution in [3.05, 3.63) is 52.3 Å². The minimum atomic E-state index is -0.108. The summed E-state index contributed by atoms with van der Waals surface area (Å²) in [6.45, 7) is 1.99. The Morgan fingerprint density at radius 3 is 2.71 bits per heavy atom. The Morgan fingerprint density at radius 1 is 1.29 bits per heavy atom. The third-order valence-corrected chi connectivity index (χ3v) is 3.67. The number of nitrogens with one attached hydrogen (secondary N) is 1. The third kappa shape index (κ3) is 2.42. The second kappa shape index (κ2) is 4.75. The lowest BCUT2D eigenvalue weighted by molar-refractivity contribution is 0.101. The summed E-state index contributed by atoms with van der Waals surface area (Å²) in [7, 11) is 1.85. The van der Waals surface area contributed by atoms with E-state index in [1.165, 1.54) is 0 Å². The van der Waals surface area contributed by atoms with Gasteiger partial charge >= 0.3 is 0 Å². The Bertz CT molecular complexity index is 560. The maximum absolute atomic E-state index is 12.0. The average molecular weight is 293 g/mol. The molecule has 1 aromatic carbocycles. The average Bonchev–Trinajstić information content (AvgIpc) is 2.71. The number of anilines is 1. The van der Waals surface area contributed by atoms with Crippen molar-refractivity contribution in [1.29, 1.82) is 0 Å². The number of aryl methyl sites for hydroxylation is 2. The van der Waals surface area contributed by atoms with Crippen molar-refractivity contribution in [2.45, 2.75) is 6.92 Å². The summed E-state index contributed by atoms with van der Waals surface area (Å²) < 4.78 is 2.71. The van der Waals surface area contributed by atoms with Gasteiger partial charge in [-0.15, -0.1) is 0 Å². The maximum Gasteiger partial charge on any atom is 0.272 e. The summed E-state index contributed by atoms with van der Waals surface area (Å²) in [5.41, 5.74) is 2.52. The Hall–Kier alpha value is -1.55. The fourth-order valence-electron chi connectivity index (χ4n) is 1.63. The van der Waals surface area contributed by atoms with Gasteiger partial charge in [0.25, 0.3) is 5.91 Å². The van der Waals surface area contributed by atoms with E-state index in [9.17, 15) is 4.79 Å². The number of aromatic nitrogens is 1. The summed E-state index contributed by atoms with van der Waals surface area (Å²) >= 11 is 3.47. The van der Waals surface area contributed by atoms with Gasteiger partial charge in [0.15, 0.2) is 0 Å². The molecule has 1 heterocycles. The molecule has 0 spiro atoms. The molecule has 1 N–H and O–H groups in total. The van der Waals surface area contributed by atoms with Crippen LogP contribution in [0.2, 0.25) is 0 Å². The van der Waals surface area contributed by atoms with Crippen molar-refractivity contribution >= 4 is 27.5 Å². The van der Waals surface area contributed by atoms with Crippen molar-refractivity contribution in [2.24, 2.45) is 7.05 Å². The molecule has 17 heavy (non-hydrogen) atoms. The smallest absolute Gasteiger partial charge is 0.272 e. The molecule has 88 valence electrons. The zero-order valence-corrected chi connectivity index (χ0v) is 11.3. The number of carbonyl (C=O) groups excluding carboxylic acids is 1. The summed E-state index contributed by atoms with van der Waals surface area (Å²) in [5, 5.41) is 2.89.